The number of aryl methyl sites for hydroxylation is 2. The van der Waals surface area contributed by atoms with Gasteiger partial charge in [-0.25, -0.2) is 13.2 Å². The maximum atomic E-state index is 13.0. The number of anilines is 2. The van der Waals surface area contributed by atoms with Crippen LogP contribution < -0.4 is 10.0 Å². The number of aromatic nitrogens is 1. The zero-order valence-corrected chi connectivity index (χ0v) is 20.1. The second kappa shape index (κ2) is 9.68. The van der Waals surface area contributed by atoms with Gasteiger partial charge in [-0.3, -0.25) is 9.52 Å². The number of sulfonamides is 1. The average Bonchev–Trinajstić information content (AvgIpc) is 3.05. The second-order valence-electron chi connectivity index (χ2n) is 7.37. The summed E-state index contributed by atoms with van der Waals surface area (Å²) in [4.78, 5) is 28.0. The normalized spacial score (nSPS) is 11.2. The standard InChI is InChI=1S/C23H24ClN3O5S/c1-5-32-23(29)20-14(3)21(25-15(20)4)22(28)26-16-11-10-13(2)19(12-16)33(30,31)27-18-9-7-6-8-17(18)24/h6-12,25,27H,5H2,1-4H3,(H,26,28). The molecular formula is C23H24ClN3O5S. The lowest BCUT2D eigenvalue weighted by molar-refractivity contribution is 0.0525. The molecule has 0 saturated heterocycles. The number of hydrogen-bond acceptors (Lipinski definition) is 5. The summed E-state index contributed by atoms with van der Waals surface area (Å²) in [7, 11) is -3.97. The van der Waals surface area contributed by atoms with Crippen molar-refractivity contribution in [1.29, 1.82) is 0 Å². The van der Waals surface area contributed by atoms with Crippen molar-refractivity contribution in [1.82, 2.24) is 4.98 Å². The largest absolute Gasteiger partial charge is 0.462 e. The van der Waals surface area contributed by atoms with Crippen molar-refractivity contribution >= 4 is 44.9 Å². The van der Waals surface area contributed by atoms with Crippen molar-refractivity contribution in [3.8, 4) is 0 Å². The SMILES string of the molecule is CCOC(=O)c1c(C)[nH]c(C(=O)Nc2ccc(C)c(S(=O)(=O)Nc3ccccc3Cl)c2)c1C. The molecular weight excluding hydrogens is 466 g/mol. The van der Waals surface area contributed by atoms with Gasteiger partial charge in [0.15, 0.2) is 0 Å². The highest BCUT2D eigenvalue weighted by Crippen LogP contribution is 2.27. The molecule has 0 unspecified atom stereocenters. The predicted molar refractivity (Wildman–Crippen MR) is 128 cm³/mol. The van der Waals surface area contributed by atoms with Crippen LogP contribution >= 0.6 is 11.6 Å². The Labute approximate surface area is 197 Å². The first-order chi connectivity index (χ1) is 15.5. The molecule has 1 aromatic heterocycles. The van der Waals surface area contributed by atoms with E-state index >= 15 is 0 Å². The van der Waals surface area contributed by atoms with E-state index in [-0.39, 0.29) is 33.6 Å². The van der Waals surface area contributed by atoms with E-state index in [1.54, 1.807) is 64.1 Å². The first-order valence-corrected chi connectivity index (χ1v) is 12.0. The molecule has 3 N–H and O–H groups in total. The van der Waals surface area contributed by atoms with Gasteiger partial charge in [0, 0.05) is 11.4 Å². The Morgan fingerprint density at radius 3 is 2.45 bits per heavy atom. The number of para-hydroxylation sites is 1. The number of esters is 1. The van der Waals surface area contributed by atoms with E-state index in [4.69, 9.17) is 16.3 Å². The van der Waals surface area contributed by atoms with Gasteiger partial charge in [-0.1, -0.05) is 29.8 Å². The number of benzene rings is 2. The van der Waals surface area contributed by atoms with E-state index < -0.39 is 21.9 Å². The van der Waals surface area contributed by atoms with Gasteiger partial charge in [-0.15, -0.1) is 0 Å². The third-order valence-electron chi connectivity index (χ3n) is 5.00. The van der Waals surface area contributed by atoms with Gasteiger partial charge >= 0.3 is 5.97 Å². The number of halogens is 1. The molecule has 3 rings (SSSR count). The summed E-state index contributed by atoms with van der Waals surface area (Å²) in [6.07, 6.45) is 0. The first kappa shape index (κ1) is 24.3. The number of nitrogens with one attached hydrogen (secondary N) is 3. The lowest BCUT2D eigenvalue weighted by atomic mass is 10.1. The summed E-state index contributed by atoms with van der Waals surface area (Å²) in [5.41, 5.74) is 2.46. The highest BCUT2D eigenvalue weighted by atomic mass is 35.5. The van der Waals surface area contributed by atoms with Crippen LogP contribution in [0.25, 0.3) is 0 Å². The maximum Gasteiger partial charge on any atom is 0.340 e. The fraction of sp³-hybridized carbons (Fsp3) is 0.217. The van der Waals surface area contributed by atoms with Gasteiger partial charge in [0.1, 0.15) is 5.69 Å². The zero-order valence-electron chi connectivity index (χ0n) is 18.6. The zero-order chi connectivity index (χ0) is 24.3. The Hall–Kier alpha value is -3.30. The Kier molecular flexibility index (Phi) is 7.14. The smallest absolute Gasteiger partial charge is 0.340 e. The van der Waals surface area contributed by atoms with Gasteiger partial charge in [0.2, 0.25) is 0 Å². The molecule has 2 aromatic carbocycles. The molecule has 8 nitrogen and oxygen atoms in total. The average molecular weight is 490 g/mol. The predicted octanol–water partition coefficient (Wildman–Crippen LogP) is 4.82. The summed E-state index contributed by atoms with van der Waals surface area (Å²) in [5, 5.41) is 2.95. The molecule has 0 spiro atoms. The number of aromatic amines is 1. The Morgan fingerprint density at radius 2 is 1.79 bits per heavy atom. The van der Waals surface area contributed by atoms with Crippen molar-refractivity contribution < 1.29 is 22.7 Å². The number of amides is 1. The van der Waals surface area contributed by atoms with E-state index in [0.717, 1.165) is 0 Å². The molecule has 10 heteroatoms. The number of rotatable bonds is 7. The molecule has 0 aliphatic rings. The second-order valence-corrected chi connectivity index (χ2v) is 9.42. The molecule has 0 fully saturated rings. The quantitative estimate of drug-likeness (QED) is 0.411. The third-order valence-corrected chi connectivity index (χ3v) is 6.83. The summed E-state index contributed by atoms with van der Waals surface area (Å²) in [6.45, 7) is 6.88. The fourth-order valence-corrected chi connectivity index (χ4v) is 4.98. The van der Waals surface area contributed by atoms with Crippen molar-refractivity contribution in [2.24, 2.45) is 0 Å². The van der Waals surface area contributed by atoms with Crippen LogP contribution in [0.1, 0.15) is 44.6 Å². The van der Waals surface area contributed by atoms with Crippen molar-refractivity contribution in [2.75, 3.05) is 16.6 Å². The fourth-order valence-electron chi connectivity index (χ4n) is 3.39. The van der Waals surface area contributed by atoms with Crippen LogP contribution in [-0.4, -0.2) is 31.9 Å². The van der Waals surface area contributed by atoms with Crippen molar-refractivity contribution in [3.63, 3.8) is 0 Å². The van der Waals surface area contributed by atoms with Crippen LogP contribution in [0.2, 0.25) is 5.02 Å². The van der Waals surface area contributed by atoms with Crippen LogP contribution in [0.15, 0.2) is 47.4 Å². The summed E-state index contributed by atoms with van der Waals surface area (Å²) in [6, 6.07) is 11.0. The molecule has 174 valence electrons. The molecule has 0 atom stereocenters. The topological polar surface area (TPSA) is 117 Å². The highest BCUT2D eigenvalue weighted by molar-refractivity contribution is 7.92. The highest BCUT2D eigenvalue weighted by Gasteiger charge is 2.24. The molecule has 0 aliphatic carbocycles. The number of hydrogen-bond donors (Lipinski definition) is 3. The van der Waals surface area contributed by atoms with Gasteiger partial charge < -0.3 is 15.0 Å². The van der Waals surface area contributed by atoms with E-state index in [9.17, 15) is 18.0 Å². The van der Waals surface area contributed by atoms with E-state index in [1.165, 1.54) is 6.07 Å². The lowest BCUT2D eigenvalue weighted by Gasteiger charge is -2.13. The van der Waals surface area contributed by atoms with Gasteiger partial charge in [0.05, 0.1) is 27.8 Å². The molecule has 1 heterocycles. The number of H-pyrrole nitrogens is 1. The van der Waals surface area contributed by atoms with Crippen molar-refractivity contribution in [3.05, 3.63) is 75.6 Å². The molecule has 0 bridgehead atoms. The van der Waals surface area contributed by atoms with Crippen LogP contribution in [0.4, 0.5) is 11.4 Å². The third kappa shape index (κ3) is 5.20. The molecule has 0 radical (unpaired) electrons. The lowest BCUT2D eigenvalue weighted by Crippen LogP contribution is -2.17. The summed E-state index contributed by atoms with van der Waals surface area (Å²) >= 11 is 6.08. The number of carbonyl (C=O) groups is 2. The molecule has 0 saturated carbocycles. The first-order valence-electron chi connectivity index (χ1n) is 10.1. The van der Waals surface area contributed by atoms with E-state index in [2.05, 4.69) is 15.0 Å². The summed E-state index contributed by atoms with van der Waals surface area (Å²) in [5.74, 6) is -1.03. The molecule has 3 aromatic rings. The van der Waals surface area contributed by atoms with E-state index in [0.29, 0.717) is 22.4 Å². The Bertz CT molecular complexity index is 1330. The molecule has 1 amide bonds. The minimum atomic E-state index is -3.97. The van der Waals surface area contributed by atoms with Crippen LogP contribution in [0.5, 0.6) is 0 Å². The monoisotopic (exact) mass is 489 g/mol. The maximum absolute atomic E-state index is 13.0. The van der Waals surface area contributed by atoms with Gasteiger partial charge in [0.25, 0.3) is 15.9 Å². The van der Waals surface area contributed by atoms with E-state index in [1.807, 2.05) is 0 Å². The Morgan fingerprint density at radius 1 is 1.09 bits per heavy atom. The summed E-state index contributed by atoms with van der Waals surface area (Å²) < 4.78 is 33.5. The number of ether oxygens (including phenoxy) is 1. The van der Waals surface area contributed by atoms with Crippen LogP contribution in [-0.2, 0) is 14.8 Å². The minimum absolute atomic E-state index is 0.00757. The van der Waals surface area contributed by atoms with Crippen molar-refractivity contribution in [2.45, 2.75) is 32.6 Å². The van der Waals surface area contributed by atoms with Crippen LogP contribution in [0, 0.1) is 20.8 Å². The minimum Gasteiger partial charge on any atom is -0.462 e. The van der Waals surface area contributed by atoms with Gasteiger partial charge in [-0.05, 0) is 63.1 Å². The molecule has 0 aliphatic heterocycles. The number of carbonyl (C=O) groups excluding carboxylic acids is 2. The van der Waals surface area contributed by atoms with Gasteiger partial charge in [-0.2, -0.15) is 0 Å². The van der Waals surface area contributed by atoms with Crippen LogP contribution in [0.3, 0.4) is 0 Å². The Balaban J connectivity index is 1.89. The molecule has 33 heavy (non-hydrogen) atoms.